The molecule has 1 heterocycles. The van der Waals surface area contributed by atoms with Gasteiger partial charge in [-0.25, -0.2) is 14.4 Å². The molecule has 1 aromatic heterocycles. The first kappa shape index (κ1) is 11.8. The number of aromatic nitrogens is 2. The van der Waals surface area contributed by atoms with Gasteiger partial charge >= 0.3 is 0 Å². The predicted molar refractivity (Wildman–Crippen MR) is 65.6 cm³/mol. The van der Waals surface area contributed by atoms with E-state index in [1.807, 2.05) is 0 Å². The van der Waals surface area contributed by atoms with Gasteiger partial charge in [0.25, 0.3) is 0 Å². The largest absolute Gasteiger partial charge is 0.384 e. The van der Waals surface area contributed by atoms with E-state index in [1.54, 1.807) is 19.1 Å². The summed E-state index contributed by atoms with van der Waals surface area (Å²) in [5, 5.41) is 11.7. The highest BCUT2D eigenvalue weighted by molar-refractivity contribution is 5.60. The topological polar surface area (TPSA) is 87.6 Å². The van der Waals surface area contributed by atoms with Gasteiger partial charge in [-0.2, -0.15) is 5.26 Å². The lowest BCUT2D eigenvalue weighted by molar-refractivity contribution is 0.624. The van der Waals surface area contributed by atoms with Crippen molar-refractivity contribution < 1.29 is 4.39 Å². The zero-order valence-electron chi connectivity index (χ0n) is 9.61. The number of nitrogens with one attached hydrogen (secondary N) is 1. The van der Waals surface area contributed by atoms with Crippen molar-refractivity contribution in [2.45, 2.75) is 6.92 Å². The maximum absolute atomic E-state index is 13.1. The Bertz CT molecular complexity index is 613. The maximum Gasteiger partial charge on any atom is 0.141 e. The van der Waals surface area contributed by atoms with E-state index in [9.17, 15) is 4.39 Å². The average molecular weight is 243 g/mol. The van der Waals surface area contributed by atoms with E-state index in [0.29, 0.717) is 23.1 Å². The molecule has 2 rings (SSSR count). The third-order valence-corrected chi connectivity index (χ3v) is 2.22. The smallest absolute Gasteiger partial charge is 0.141 e. The Hall–Kier alpha value is -2.68. The number of aryl methyl sites for hydroxylation is 1. The third kappa shape index (κ3) is 2.52. The monoisotopic (exact) mass is 243 g/mol. The second kappa shape index (κ2) is 4.67. The molecule has 18 heavy (non-hydrogen) atoms. The standard InChI is InChI=1S/C12H10FN5/c1-7-16-11(15)5-12(17-7)18-9-2-3-10(13)8(4-9)6-14/h2-5H,1H3,(H3,15,16,17,18). The molecule has 90 valence electrons. The fraction of sp³-hybridized carbons (Fsp3) is 0.0833. The second-order valence-electron chi connectivity index (χ2n) is 3.66. The molecule has 5 nitrogen and oxygen atoms in total. The van der Waals surface area contributed by atoms with Crippen LogP contribution in [0.2, 0.25) is 0 Å². The van der Waals surface area contributed by atoms with E-state index < -0.39 is 5.82 Å². The fourth-order valence-corrected chi connectivity index (χ4v) is 1.49. The van der Waals surface area contributed by atoms with Gasteiger partial charge in [0.2, 0.25) is 0 Å². The van der Waals surface area contributed by atoms with Crippen LogP contribution in [-0.2, 0) is 0 Å². The lowest BCUT2D eigenvalue weighted by Crippen LogP contribution is -2.01. The van der Waals surface area contributed by atoms with Crippen LogP contribution in [0.25, 0.3) is 0 Å². The van der Waals surface area contributed by atoms with Crippen molar-refractivity contribution in [3.05, 3.63) is 41.5 Å². The molecule has 0 saturated carbocycles. The van der Waals surface area contributed by atoms with Crippen molar-refractivity contribution in [3.8, 4) is 6.07 Å². The van der Waals surface area contributed by atoms with Crippen LogP contribution in [0.4, 0.5) is 21.7 Å². The van der Waals surface area contributed by atoms with Gasteiger partial charge in [-0.15, -0.1) is 0 Å². The Balaban J connectivity index is 2.31. The average Bonchev–Trinajstić information content (AvgIpc) is 2.30. The fourth-order valence-electron chi connectivity index (χ4n) is 1.49. The van der Waals surface area contributed by atoms with Gasteiger partial charge in [0.15, 0.2) is 0 Å². The molecule has 1 aromatic carbocycles. The maximum atomic E-state index is 13.1. The van der Waals surface area contributed by atoms with Gasteiger partial charge in [0.05, 0.1) is 5.56 Å². The molecular weight excluding hydrogens is 233 g/mol. The number of nitrogens with zero attached hydrogens (tertiary/aromatic N) is 3. The molecular formula is C12H10FN5. The Morgan fingerprint density at radius 3 is 2.78 bits per heavy atom. The summed E-state index contributed by atoms with van der Waals surface area (Å²) in [5.74, 6) is 0.810. The van der Waals surface area contributed by atoms with Gasteiger partial charge in [0.1, 0.15) is 29.3 Å². The molecule has 0 aliphatic heterocycles. The van der Waals surface area contributed by atoms with Crippen LogP contribution in [0, 0.1) is 24.1 Å². The van der Waals surface area contributed by atoms with Crippen LogP contribution in [0.5, 0.6) is 0 Å². The molecule has 2 aromatic rings. The summed E-state index contributed by atoms with van der Waals surface area (Å²) >= 11 is 0. The molecule has 0 unspecified atom stereocenters. The Morgan fingerprint density at radius 2 is 2.11 bits per heavy atom. The number of benzene rings is 1. The number of hydrogen-bond donors (Lipinski definition) is 2. The van der Waals surface area contributed by atoms with Crippen LogP contribution in [-0.4, -0.2) is 9.97 Å². The lowest BCUT2D eigenvalue weighted by atomic mass is 10.2. The third-order valence-electron chi connectivity index (χ3n) is 2.22. The van der Waals surface area contributed by atoms with Crippen LogP contribution in [0.3, 0.4) is 0 Å². The second-order valence-corrected chi connectivity index (χ2v) is 3.66. The molecule has 0 spiro atoms. The molecule has 0 atom stereocenters. The van der Waals surface area contributed by atoms with Gasteiger partial charge < -0.3 is 11.1 Å². The van der Waals surface area contributed by atoms with Crippen molar-refractivity contribution in [1.82, 2.24) is 9.97 Å². The number of nitriles is 1. The van der Waals surface area contributed by atoms with Crippen molar-refractivity contribution in [2.24, 2.45) is 0 Å². The van der Waals surface area contributed by atoms with Crippen molar-refractivity contribution >= 4 is 17.3 Å². The normalized spacial score (nSPS) is 9.83. The summed E-state index contributed by atoms with van der Waals surface area (Å²) in [6.07, 6.45) is 0. The van der Waals surface area contributed by atoms with Crippen LogP contribution < -0.4 is 11.1 Å². The zero-order chi connectivity index (χ0) is 13.1. The summed E-state index contributed by atoms with van der Waals surface area (Å²) in [4.78, 5) is 8.07. The van der Waals surface area contributed by atoms with Gasteiger partial charge in [0, 0.05) is 11.8 Å². The van der Waals surface area contributed by atoms with E-state index in [4.69, 9.17) is 11.0 Å². The van der Waals surface area contributed by atoms with Crippen molar-refractivity contribution in [3.63, 3.8) is 0 Å². The van der Waals surface area contributed by atoms with Gasteiger partial charge in [-0.05, 0) is 25.1 Å². The minimum Gasteiger partial charge on any atom is -0.384 e. The highest BCUT2D eigenvalue weighted by Gasteiger charge is 2.04. The summed E-state index contributed by atoms with van der Waals surface area (Å²) < 4.78 is 13.1. The van der Waals surface area contributed by atoms with E-state index in [1.165, 1.54) is 18.2 Å². The molecule has 0 fully saturated rings. The molecule has 3 N–H and O–H groups in total. The lowest BCUT2D eigenvalue weighted by Gasteiger charge is -2.07. The quantitative estimate of drug-likeness (QED) is 0.843. The first-order valence-corrected chi connectivity index (χ1v) is 5.16. The van der Waals surface area contributed by atoms with E-state index >= 15 is 0 Å². The number of anilines is 3. The molecule has 0 aliphatic carbocycles. The van der Waals surface area contributed by atoms with E-state index in [2.05, 4.69) is 15.3 Å². The number of halogens is 1. The molecule has 0 aliphatic rings. The first-order valence-electron chi connectivity index (χ1n) is 5.16. The Kier molecular flexibility index (Phi) is 3.06. The van der Waals surface area contributed by atoms with Crippen LogP contribution in [0.15, 0.2) is 24.3 Å². The summed E-state index contributed by atoms with van der Waals surface area (Å²) in [7, 11) is 0. The highest BCUT2D eigenvalue weighted by Crippen LogP contribution is 2.19. The van der Waals surface area contributed by atoms with E-state index in [-0.39, 0.29) is 5.56 Å². The van der Waals surface area contributed by atoms with Crippen molar-refractivity contribution in [1.29, 1.82) is 5.26 Å². The van der Waals surface area contributed by atoms with Crippen LogP contribution >= 0.6 is 0 Å². The molecule has 0 amide bonds. The summed E-state index contributed by atoms with van der Waals surface area (Å²) in [5.41, 5.74) is 6.12. The van der Waals surface area contributed by atoms with Crippen LogP contribution in [0.1, 0.15) is 11.4 Å². The van der Waals surface area contributed by atoms with Crippen molar-refractivity contribution in [2.75, 3.05) is 11.1 Å². The Morgan fingerprint density at radius 1 is 1.33 bits per heavy atom. The highest BCUT2D eigenvalue weighted by atomic mass is 19.1. The van der Waals surface area contributed by atoms with E-state index in [0.717, 1.165) is 0 Å². The first-order chi connectivity index (χ1) is 8.58. The van der Waals surface area contributed by atoms with Gasteiger partial charge in [-0.3, -0.25) is 0 Å². The number of nitrogens with two attached hydrogens (primary N) is 1. The minimum absolute atomic E-state index is 0.0289. The minimum atomic E-state index is -0.554. The molecule has 6 heteroatoms. The number of nitrogen functional groups attached to an aromatic ring is 1. The molecule has 0 saturated heterocycles. The molecule has 0 bridgehead atoms. The predicted octanol–water partition coefficient (Wildman–Crippen LogP) is 2.12. The molecule has 0 radical (unpaired) electrons. The summed E-state index contributed by atoms with van der Waals surface area (Å²) in [6.45, 7) is 1.72. The summed E-state index contributed by atoms with van der Waals surface area (Å²) in [6, 6.07) is 7.47. The van der Waals surface area contributed by atoms with Gasteiger partial charge in [-0.1, -0.05) is 0 Å². The zero-order valence-corrected chi connectivity index (χ0v) is 9.61. The number of rotatable bonds is 2. The number of hydrogen-bond acceptors (Lipinski definition) is 5. The SMILES string of the molecule is Cc1nc(N)cc(Nc2ccc(F)c(C#N)c2)n1. The Labute approximate surface area is 103 Å².